The van der Waals surface area contributed by atoms with E-state index in [4.69, 9.17) is 0 Å². The second-order valence-electron chi connectivity index (χ2n) is 5.58. The van der Waals surface area contributed by atoms with Gasteiger partial charge < -0.3 is 5.32 Å². The van der Waals surface area contributed by atoms with Crippen LogP contribution in [0.1, 0.15) is 31.7 Å². The first-order chi connectivity index (χ1) is 9.36. The molecule has 2 heteroatoms. The van der Waals surface area contributed by atoms with Crippen LogP contribution in [0.2, 0.25) is 0 Å². The van der Waals surface area contributed by atoms with Crippen molar-refractivity contribution in [3.63, 3.8) is 0 Å². The number of pyridine rings is 1. The van der Waals surface area contributed by atoms with Gasteiger partial charge in [-0.05, 0) is 55.8 Å². The van der Waals surface area contributed by atoms with Crippen LogP contribution in [-0.2, 0) is 6.42 Å². The molecule has 1 aromatic carbocycles. The summed E-state index contributed by atoms with van der Waals surface area (Å²) >= 11 is 0. The fourth-order valence-electron chi connectivity index (χ4n) is 2.84. The molecule has 100 valence electrons. The summed E-state index contributed by atoms with van der Waals surface area (Å²) in [4.78, 5) is 4.55. The third-order valence-corrected chi connectivity index (χ3v) is 4.05. The average Bonchev–Trinajstić information content (AvgIpc) is 3.28. The van der Waals surface area contributed by atoms with Gasteiger partial charge >= 0.3 is 0 Å². The van der Waals surface area contributed by atoms with Crippen LogP contribution in [0.25, 0.3) is 10.9 Å². The fourth-order valence-corrected chi connectivity index (χ4v) is 2.84. The van der Waals surface area contributed by atoms with Crippen LogP contribution in [0.4, 0.5) is 0 Å². The minimum absolute atomic E-state index is 0.705. The zero-order valence-electron chi connectivity index (χ0n) is 11.6. The lowest BCUT2D eigenvalue weighted by molar-refractivity contribution is 0.446. The Labute approximate surface area is 115 Å². The lowest BCUT2D eigenvalue weighted by Gasteiger charge is -2.17. The number of hydrogen-bond donors (Lipinski definition) is 1. The molecular weight excluding hydrogens is 232 g/mol. The number of rotatable bonds is 6. The maximum absolute atomic E-state index is 4.55. The van der Waals surface area contributed by atoms with Crippen LogP contribution < -0.4 is 5.32 Å². The summed E-state index contributed by atoms with van der Waals surface area (Å²) < 4.78 is 0. The molecule has 2 aromatic rings. The van der Waals surface area contributed by atoms with Gasteiger partial charge in [0.25, 0.3) is 0 Å². The van der Waals surface area contributed by atoms with Crippen LogP contribution >= 0.6 is 0 Å². The Balaban J connectivity index is 1.67. The molecule has 0 amide bonds. The van der Waals surface area contributed by atoms with E-state index in [0.29, 0.717) is 6.04 Å². The molecule has 1 N–H and O–H groups in total. The van der Waals surface area contributed by atoms with Crippen molar-refractivity contribution in [3.8, 4) is 0 Å². The van der Waals surface area contributed by atoms with Crippen LogP contribution in [0.15, 0.2) is 36.5 Å². The number of benzene rings is 1. The number of para-hydroxylation sites is 1. The van der Waals surface area contributed by atoms with Gasteiger partial charge in [0.2, 0.25) is 0 Å². The summed E-state index contributed by atoms with van der Waals surface area (Å²) in [5, 5.41) is 4.89. The number of aryl methyl sites for hydroxylation is 1. The van der Waals surface area contributed by atoms with E-state index in [0.717, 1.165) is 24.4 Å². The highest BCUT2D eigenvalue weighted by Crippen LogP contribution is 2.34. The Morgan fingerprint density at radius 2 is 2.16 bits per heavy atom. The van der Waals surface area contributed by atoms with Gasteiger partial charge in [-0.3, -0.25) is 4.98 Å². The summed E-state index contributed by atoms with van der Waals surface area (Å²) in [5.74, 6) is 0.924. The molecule has 2 nitrogen and oxygen atoms in total. The molecule has 1 fully saturated rings. The Bertz CT molecular complexity index is 546. The quantitative estimate of drug-likeness (QED) is 0.852. The largest absolute Gasteiger partial charge is 0.314 e. The molecule has 0 aliphatic heterocycles. The molecule has 1 heterocycles. The Hall–Kier alpha value is -1.41. The van der Waals surface area contributed by atoms with Crippen molar-refractivity contribution >= 4 is 10.9 Å². The third-order valence-electron chi connectivity index (χ3n) is 4.05. The minimum atomic E-state index is 0.705. The van der Waals surface area contributed by atoms with Crippen molar-refractivity contribution in [2.75, 3.05) is 6.54 Å². The van der Waals surface area contributed by atoms with E-state index in [1.807, 2.05) is 12.3 Å². The summed E-state index contributed by atoms with van der Waals surface area (Å²) in [7, 11) is 0. The van der Waals surface area contributed by atoms with E-state index in [2.05, 4.69) is 41.5 Å². The van der Waals surface area contributed by atoms with Gasteiger partial charge in [-0.15, -0.1) is 0 Å². The van der Waals surface area contributed by atoms with Crippen LogP contribution in [0.3, 0.4) is 0 Å². The predicted octanol–water partition coefficient (Wildman–Crippen LogP) is 3.56. The van der Waals surface area contributed by atoms with Gasteiger partial charge in [-0.2, -0.15) is 0 Å². The van der Waals surface area contributed by atoms with Crippen molar-refractivity contribution in [2.45, 2.75) is 38.6 Å². The van der Waals surface area contributed by atoms with E-state index in [-0.39, 0.29) is 0 Å². The van der Waals surface area contributed by atoms with Crippen LogP contribution in [0.5, 0.6) is 0 Å². The number of hydrogen-bond acceptors (Lipinski definition) is 2. The third kappa shape index (κ3) is 3.13. The zero-order valence-corrected chi connectivity index (χ0v) is 11.6. The number of fused-ring (bicyclic) bond motifs is 1. The van der Waals surface area contributed by atoms with Crippen LogP contribution in [-0.4, -0.2) is 17.6 Å². The van der Waals surface area contributed by atoms with E-state index >= 15 is 0 Å². The van der Waals surface area contributed by atoms with Gasteiger partial charge in [0.1, 0.15) is 0 Å². The lowest BCUT2D eigenvalue weighted by Crippen LogP contribution is -2.31. The van der Waals surface area contributed by atoms with Gasteiger partial charge in [0.05, 0.1) is 5.52 Å². The summed E-state index contributed by atoms with van der Waals surface area (Å²) in [5.41, 5.74) is 2.46. The average molecular weight is 254 g/mol. The molecule has 1 aliphatic rings. The van der Waals surface area contributed by atoms with E-state index < -0.39 is 0 Å². The molecule has 0 bridgehead atoms. The normalized spacial score (nSPS) is 16.7. The van der Waals surface area contributed by atoms with Gasteiger partial charge in [0, 0.05) is 17.6 Å². The first-order valence-electron chi connectivity index (χ1n) is 7.44. The Kier molecular flexibility index (Phi) is 3.79. The molecule has 1 saturated carbocycles. The Morgan fingerprint density at radius 1 is 1.32 bits per heavy atom. The monoisotopic (exact) mass is 254 g/mol. The molecule has 0 radical (unpaired) electrons. The molecule has 3 rings (SSSR count). The van der Waals surface area contributed by atoms with Gasteiger partial charge in [-0.25, -0.2) is 0 Å². The predicted molar refractivity (Wildman–Crippen MR) is 80.3 cm³/mol. The lowest BCUT2D eigenvalue weighted by atomic mass is 10.0. The first kappa shape index (κ1) is 12.6. The molecule has 0 saturated heterocycles. The minimum Gasteiger partial charge on any atom is -0.314 e. The first-order valence-corrected chi connectivity index (χ1v) is 7.44. The smallest absolute Gasteiger partial charge is 0.0702 e. The number of aromatic nitrogens is 1. The van der Waals surface area contributed by atoms with Gasteiger partial charge in [0.15, 0.2) is 0 Å². The van der Waals surface area contributed by atoms with Crippen molar-refractivity contribution < 1.29 is 0 Å². The molecule has 1 atom stereocenters. The van der Waals surface area contributed by atoms with Crippen molar-refractivity contribution in [1.82, 2.24) is 10.3 Å². The maximum atomic E-state index is 4.55. The highest BCUT2D eigenvalue weighted by atomic mass is 14.9. The standard InChI is InChI=1S/C17H22N2/c1-2-18-17(14-8-9-14)10-7-13-11-15-5-3-4-6-16(15)19-12-13/h3-6,11-12,14,17-18H,2,7-10H2,1H3. The van der Waals surface area contributed by atoms with Crippen molar-refractivity contribution in [3.05, 3.63) is 42.1 Å². The number of nitrogens with one attached hydrogen (secondary N) is 1. The fraction of sp³-hybridized carbons (Fsp3) is 0.471. The second-order valence-corrected chi connectivity index (χ2v) is 5.58. The second kappa shape index (κ2) is 5.70. The topological polar surface area (TPSA) is 24.9 Å². The molecule has 0 spiro atoms. The highest BCUT2D eigenvalue weighted by molar-refractivity contribution is 5.78. The number of nitrogens with zero attached hydrogens (tertiary/aromatic N) is 1. The van der Waals surface area contributed by atoms with E-state index in [1.165, 1.54) is 30.2 Å². The summed E-state index contributed by atoms with van der Waals surface area (Å²) in [6.07, 6.45) is 7.23. The molecule has 1 aliphatic carbocycles. The van der Waals surface area contributed by atoms with Crippen molar-refractivity contribution in [1.29, 1.82) is 0 Å². The van der Waals surface area contributed by atoms with Crippen molar-refractivity contribution in [2.24, 2.45) is 5.92 Å². The van der Waals surface area contributed by atoms with Gasteiger partial charge in [-0.1, -0.05) is 25.1 Å². The molecule has 1 aromatic heterocycles. The SMILES string of the molecule is CCNC(CCc1cnc2ccccc2c1)C1CC1. The Morgan fingerprint density at radius 3 is 2.95 bits per heavy atom. The molecule has 1 unspecified atom stereocenters. The zero-order chi connectivity index (χ0) is 13.1. The maximum Gasteiger partial charge on any atom is 0.0702 e. The summed E-state index contributed by atoms with van der Waals surface area (Å²) in [6.45, 7) is 3.28. The van der Waals surface area contributed by atoms with E-state index in [1.54, 1.807) is 0 Å². The summed E-state index contributed by atoms with van der Waals surface area (Å²) in [6, 6.07) is 11.3. The molecular formula is C17H22N2. The van der Waals surface area contributed by atoms with E-state index in [9.17, 15) is 0 Å². The van der Waals surface area contributed by atoms with Crippen LogP contribution in [0, 0.1) is 5.92 Å². The highest BCUT2D eigenvalue weighted by Gasteiger charge is 2.29. The molecule has 19 heavy (non-hydrogen) atoms.